The number of amides is 2. The zero-order valence-corrected chi connectivity index (χ0v) is 20.1. The van der Waals surface area contributed by atoms with Crippen LogP contribution in [-0.2, 0) is 16.6 Å². The van der Waals surface area contributed by atoms with Crippen molar-refractivity contribution in [3.63, 3.8) is 0 Å². The number of aryl methyl sites for hydroxylation is 2. The maximum Gasteiger partial charge on any atom is 0.251 e. The van der Waals surface area contributed by atoms with Crippen molar-refractivity contribution < 1.29 is 9.59 Å². The van der Waals surface area contributed by atoms with Crippen LogP contribution in [0.5, 0.6) is 0 Å². The first-order valence-electron chi connectivity index (χ1n) is 11.8. The molecule has 0 bridgehead atoms. The van der Waals surface area contributed by atoms with Crippen molar-refractivity contribution in [2.45, 2.75) is 39.0 Å². The summed E-state index contributed by atoms with van der Waals surface area (Å²) < 4.78 is 0. The molecule has 1 N–H and O–H groups in total. The highest BCUT2D eigenvalue weighted by atomic mass is 16.2. The fourth-order valence-corrected chi connectivity index (χ4v) is 5.01. The molecule has 1 aliphatic heterocycles. The normalized spacial score (nSPS) is 17.4. The SMILES string of the molecule is CCCc1ccc2c(c1)nc1c3c(cccc32)N(C)C(=O)C1(C)CNC(=O)c1ccc(C)cc1. The first-order valence-corrected chi connectivity index (χ1v) is 11.8. The van der Waals surface area contributed by atoms with Gasteiger partial charge in [-0.2, -0.15) is 0 Å². The lowest BCUT2D eigenvalue weighted by Crippen LogP contribution is -2.53. The van der Waals surface area contributed by atoms with Gasteiger partial charge in [0.15, 0.2) is 0 Å². The van der Waals surface area contributed by atoms with Crippen LogP contribution in [0.4, 0.5) is 5.69 Å². The van der Waals surface area contributed by atoms with Gasteiger partial charge in [-0.3, -0.25) is 14.6 Å². The number of hydrogen-bond donors (Lipinski definition) is 1. The Balaban J connectivity index is 1.64. The smallest absolute Gasteiger partial charge is 0.251 e. The Bertz CT molecular complexity index is 1440. The van der Waals surface area contributed by atoms with Crippen molar-refractivity contribution in [3.8, 4) is 0 Å². The highest BCUT2D eigenvalue weighted by Crippen LogP contribution is 2.43. The Labute approximate surface area is 199 Å². The summed E-state index contributed by atoms with van der Waals surface area (Å²) in [5.41, 5.74) is 4.38. The number of fused-ring (bicyclic) bond motifs is 2. The standard InChI is InChI=1S/C29H29N3O2/c1-5-7-19-12-15-21-22-8-6-9-24-25(22)26(31-23(21)16-19)29(3,28(34)32(24)4)17-30-27(33)20-13-10-18(2)11-14-20/h6,8-16H,5,7,17H2,1-4H3,(H,30,33). The maximum absolute atomic E-state index is 13.7. The van der Waals surface area contributed by atoms with E-state index in [2.05, 4.69) is 36.5 Å². The number of aromatic nitrogens is 1. The fourth-order valence-electron chi connectivity index (χ4n) is 5.01. The highest BCUT2D eigenvalue weighted by molar-refractivity contribution is 6.19. The number of pyridine rings is 1. The van der Waals surface area contributed by atoms with Crippen molar-refractivity contribution in [1.82, 2.24) is 10.3 Å². The summed E-state index contributed by atoms with van der Waals surface area (Å²) in [5.74, 6) is -0.272. The van der Waals surface area contributed by atoms with Gasteiger partial charge in [-0.1, -0.05) is 55.3 Å². The molecule has 172 valence electrons. The zero-order valence-electron chi connectivity index (χ0n) is 20.1. The lowest BCUT2D eigenvalue weighted by atomic mass is 9.78. The number of hydrogen-bond acceptors (Lipinski definition) is 3. The summed E-state index contributed by atoms with van der Waals surface area (Å²) in [6.07, 6.45) is 2.04. The summed E-state index contributed by atoms with van der Waals surface area (Å²) in [7, 11) is 1.80. The van der Waals surface area contributed by atoms with E-state index in [9.17, 15) is 9.59 Å². The second kappa shape index (κ2) is 8.24. The van der Waals surface area contributed by atoms with E-state index >= 15 is 0 Å². The summed E-state index contributed by atoms with van der Waals surface area (Å²) in [4.78, 5) is 33.4. The first kappa shape index (κ1) is 22.1. The van der Waals surface area contributed by atoms with Gasteiger partial charge in [-0.15, -0.1) is 0 Å². The van der Waals surface area contributed by atoms with Gasteiger partial charge in [-0.05, 0) is 55.5 Å². The number of likely N-dealkylation sites (N-methyl/N-ethyl adjacent to an activating group) is 1. The van der Waals surface area contributed by atoms with Crippen molar-refractivity contribution in [1.29, 1.82) is 0 Å². The number of benzene rings is 3. The van der Waals surface area contributed by atoms with Gasteiger partial charge in [0.2, 0.25) is 5.91 Å². The lowest BCUT2D eigenvalue weighted by molar-refractivity contribution is -0.123. The monoisotopic (exact) mass is 451 g/mol. The molecule has 0 saturated carbocycles. The van der Waals surface area contributed by atoms with E-state index in [0.29, 0.717) is 5.56 Å². The van der Waals surface area contributed by atoms with E-state index in [1.54, 1.807) is 24.1 Å². The zero-order chi connectivity index (χ0) is 24.0. The average molecular weight is 452 g/mol. The van der Waals surface area contributed by atoms with E-state index in [-0.39, 0.29) is 18.4 Å². The maximum atomic E-state index is 13.7. The lowest BCUT2D eigenvalue weighted by Gasteiger charge is -2.38. The highest BCUT2D eigenvalue weighted by Gasteiger charge is 2.45. The third kappa shape index (κ3) is 3.43. The molecule has 1 aliphatic rings. The minimum Gasteiger partial charge on any atom is -0.351 e. The largest absolute Gasteiger partial charge is 0.351 e. The van der Waals surface area contributed by atoms with Crippen molar-refractivity contribution in [2.75, 3.05) is 18.5 Å². The molecule has 2 amide bonds. The Morgan fingerprint density at radius 2 is 1.82 bits per heavy atom. The van der Waals surface area contributed by atoms with E-state index in [1.807, 2.05) is 38.1 Å². The average Bonchev–Trinajstić information content (AvgIpc) is 2.85. The topological polar surface area (TPSA) is 62.3 Å². The van der Waals surface area contributed by atoms with Crippen LogP contribution in [0.15, 0.2) is 60.7 Å². The van der Waals surface area contributed by atoms with Crippen LogP contribution >= 0.6 is 0 Å². The molecular formula is C29H29N3O2. The molecule has 5 heteroatoms. The molecule has 0 aliphatic carbocycles. The van der Waals surface area contributed by atoms with Crippen LogP contribution < -0.4 is 10.2 Å². The van der Waals surface area contributed by atoms with Crippen molar-refractivity contribution in [2.24, 2.45) is 0 Å². The van der Waals surface area contributed by atoms with E-state index in [1.165, 1.54) is 5.56 Å². The molecule has 1 aromatic heterocycles. The third-order valence-electron chi connectivity index (χ3n) is 6.98. The molecule has 0 spiro atoms. The minimum atomic E-state index is -0.989. The molecule has 1 unspecified atom stereocenters. The van der Waals surface area contributed by atoms with Crippen molar-refractivity contribution in [3.05, 3.63) is 83.0 Å². The number of carbonyl (C=O) groups excluding carboxylic acids is 2. The molecule has 0 saturated heterocycles. The Kier molecular flexibility index (Phi) is 5.35. The number of rotatable bonds is 5. The van der Waals surface area contributed by atoms with Gasteiger partial charge in [-0.25, -0.2) is 0 Å². The van der Waals surface area contributed by atoms with Gasteiger partial charge >= 0.3 is 0 Å². The number of anilines is 1. The Morgan fingerprint density at radius 1 is 1.06 bits per heavy atom. The van der Waals surface area contributed by atoms with Crippen LogP contribution in [0.25, 0.3) is 21.7 Å². The van der Waals surface area contributed by atoms with Crippen LogP contribution in [0.1, 0.15) is 47.4 Å². The molecule has 5 nitrogen and oxygen atoms in total. The third-order valence-corrected chi connectivity index (χ3v) is 6.98. The van der Waals surface area contributed by atoms with E-state index < -0.39 is 5.41 Å². The summed E-state index contributed by atoms with van der Waals surface area (Å²) in [5, 5.41) is 6.14. The molecule has 34 heavy (non-hydrogen) atoms. The van der Waals surface area contributed by atoms with Crippen LogP contribution in [0.2, 0.25) is 0 Å². The second-order valence-corrected chi connectivity index (χ2v) is 9.51. The van der Waals surface area contributed by atoms with E-state index in [4.69, 9.17) is 4.98 Å². The Morgan fingerprint density at radius 3 is 2.56 bits per heavy atom. The minimum absolute atomic E-state index is 0.0757. The van der Waals surface area contributed by atoms with Crippen molar-refractivity contribution >= 4 is 39.2 Å². The molecule has 5 rings (SSSR count). The molecule has 3 aromatic carbocycles. The second-order valence-electron chi connectivity index (χ2n) is 9.51. The summed E-state index contributed by atoms with van der Waals surface area (Å²) in [6.45, 7) is 6.20. The predicted molar refractivity (Wildman–Crippen MR) is 138 cm³/mol. The van der Waals surface area contributed by atoms with Gasteiger partial charge in [0.05, 0.1) is 16.9 Å². The van der Waals surface area contributed by atoms with Gasteiger partial charge in [0.25, 0.3) is 5.91 Å². The fraction of sp³-hybridized carbons (Fsp3) is 0.276. The number of nitrogens with zero attached hydrogens (tertiary/aromatic N) is 2. The van der Waals surface area contributed by atoms with Gasteiger partial charge < -0.3 is 10.2 Å². The van der Waals surface area contributed by atoms with Crippen LogP contribution in [-0.4, -0.2) is 30.4 Å². The molecule has 0 radical (unpaired) electrons. The van der Waals surface area contributed by atoms with Gasteiger partial charge in [0.1, 0.15) is 5.41 Å². The number of carbonyl (C=O) groups is 2. The molecule has 2 heterocycles. The quantitative estimate of drug-likeness (QED) is 0.418. The first-order chi connectivity index (χ1) is 16.3. The molecule has 0 fully saturated rings. The number of nitrogens with one attached hydrogen (secondary N) is 1. The van der Waals surface area contributed by atoms with Crippen LogP contribution in [0.3, 0.4) is 0 Å². The molecular weight excluding hydrogens is 422 g/mol. The predicted octanol–water partition coefficient (Wildman–Crippen LogP) is 5.31. The summed E-state index contributed by atoms with van der Waals surface area (Å²) >= 11 is 0. The van der Waals surface area contributed by atoms with Crippen LogP contribution in [0, 0.1) is 6.92 Å². The van der Waals surface area contributed by atoms with E-state index in [0.717, 1.165) is 51.5 Å². The Hall–Kier alpha value is -3.73. The van der Waals surface area contributed by atoms with Gasteiger partial charge in [0, 0.05) is 29.9 Å². The molecule has 1 atom stereocenters. The molecule has 4 aromatic rings. The summed E-state index contributed by atoms with van der Waals surface area (Å²) in [6, 6.07) is 19.9.